The normalized spacial score (nSPS) is 14.0. The van der Waals surface area contributed by atoms with Crippen LogP contribution in [0, 0.1) is 0 Å². The molecule has 1 fully saturated rings. The lowest BCUT2D eigenvalue weighted by Gasteiger charge is -2.30. The van der Waals surface area contributed by atoms with E-state index in [4.69, 9.17) is 9.47 Å². The van der Waals surface area contributed by atoms with Gasteiger partial charge in [0.25, 0.3) is 0 Å². The monoisotopic (exact) mass is 414 g/mol. The van der Waals surface area contributed by atoms with E-state index in [-0.39, 0.29) is 5.78 Å². The van der Waals surface area contributed by atoms with E-state index in [1.807, 2.05) is 12.1 Å². The van der Waals surface area contributed by atoms with E-state index in [0.717, 1.165) is 41.0 Å². The maximum absolute atomic E-state index is 13.0. The summed E-state index contributed by atoms with van der Waals surface area (Å²) in [4.78, 5) is 26.9. The smallest absolute Gasteiger partial charge is 0.196 e. The molecule has 0 bridgehead atoms. The van der Waals surface area contributed by atoms with Crippen molar-refractivity contribution in [3.8, 4) is 16.9 Å². The van der Waals surface area contributed by atoms with Gasteiger partial charge in [-0.2, -0.15) is 0 Å². The van der Waals surface area contributed by atoms with Crippen LogP contribution in [0.1, 0.15) is 15.9 Å². The standard InChI is InChI=1S/C24H22N4O3/c1-30-22-12-16(4-5-21(22)28-7-9-31-10-8-28)18-11-19-20(15-27-24(19)26-14-18)23(29)17-3-2-6-25-13-17/h2-6,11-15H,7-10H2,1H3,(H,26,27). The second kappa shape index (κ2) is 8.20. The summed E-state index contributed by atoms with van der Waals surface area (Å²) in [6.45, 7) is 3.11. The van der Waals surface area contributed by atoms with Crippen molar-refractivity contribution < 1.29 is 14.3 Å². The van der Waals surface area contributed by atoms with Gasteiger partial charge in [-0.05, 0) is 35.9 Å². The molecule has 0 saturated carbocycles. The molecule has 1 aliphatic heterocycles. The number of ketones is 1. The maximum Gasteiger partial charge on any atom is 0.196 e. The Morgan fingerprint density at radius 3 is 2.77 bits per heavy atom. The van der Waals surface area contributed by atoms with Crippen molar-refractivity contribution in [1.29, 1.82) is 0 Å². The Kier molecular flexibility index (Phi) is 5.09. The van der Waals surface area contributed by atoms with Crippen molar-refractivity contribution in [2.24, 2.45) is 0 Å². The first-order valence-electron chi connectivity index (χ1n) is 10.2. The second-order valence-electron chi connectivity index (χ2n) is 7.38. The highest BCUT2D eigenvalue weighted by Crippen LogP contribution is 2.34. The van der Waals surface area contributed by atoms with Gasteiger partial charge in [0.2, 0.25) is 0 Å². The molecule has 31 heavy (non-hydrogen) atoms. The number of benzene rings is 1. The molecule has 4 aromatic rings. The minimum absolute atomic E-state index is 0.0847. The fourth-order valence-electron chi connectivity index (χ4n) is 3.92. The number of aromatic amines is 1. The van der Waals surface area contributed by atoms with Gasteiger partial charge >= 0.3 is 0 Å². The highest BCUT2D eigenvalue weighted by molar-refractivity contribution is 6.16. The van der Waals surface area contributed by atoms with Crippen molar-refractivity contribution in [2.75, 3.05) is 38.3 Å². The minimum atomic E-state index is -0.0847. The van der Waals surface area contributed by atoms with Gasteiger partial charge in [0, 0.05) is 60.0 Å². The van der Waals surface area contributed by atoms with Crippen LogP contribution < -0.4 is 9.64 Å². The number of ether oxygens (including phenoxy) is 2. The number of carbonyl (C=O) groups excluding carboxylic acids is 1. The fraction of sp³-hybridized carbons (Fsp3) is 0.208. The number of H-pyrrole nitrogens is 1. The molecule has 3 aromatic heterocycles. The number of hydrogen-bond donors (Lipinski definition) is 1. The van der Waals surface area contributed by atoms with Crippen molar-refractivity contribution in [3.63, 3.8) is 0 Å². The fourth-order valence-corrected chi connectivity index (χ4v) is 3.92. The van der Waals surface area contributed by atoms with E-state index < -0.39 is 0 Å². The Morgan fingerprint density at radius 2 is 2.00 bits per heavy atom. The van der Waals surface area contributed by atoms with E-state index in [1.165, 1.54) is 0 Å². The van der Waals surface area contributed by atoms with Gasteiger partial charge in [0.05, 0.1) is 26.0 Å². The van der Waals surface area contributed by atoms with Gasteiger partial charge in [0.15, 0.2) is 5.78 Å². The third-order valence-corrected chi connectivity index (χ3v) is 5.56. The molecule has 7 heteroatoms. The summed E-state index contributed by atoms with van der Waals surface area (Å²) in [7, 11) is 1.68. The average Bonchev–Trinajstić information content (AvgIpc) is 3.27. The molecule has 0 spiro atoms. The Morgan fingerprint density at radius 1 is 1.13 bits per heavy atom. The lowest BCUT2D eigenvalue weighted by Crippen LogP contribution is -2.36. The largest absolute Gasteiger partial charge is 0.495 e. The number of morpholine rings is 1. The molecule has 4 heterocycles. The number of fused-ring (bicyclic) bond motifs is 1. The lowest BCUT2D eigenvalue weighted by molar-refractivity contribution is 0.104. The first-order chi connectivity index (χ1) is 15.2. The number of rotatable bonds is 5. The van der Waals surface area contributed by atoms with Gasteiger partial charge in [-0.25, -0.2) is 4.98 Å². The van der Waals surface area contributed by atoms with Crippen LogP contribution in [0.3, 0.4) is 0 Å². The van der Waals surface area contributed by atoms with Gasteiger partial charge in [-0.1, -0.05) is 6.07 Å². The molecule has 1 aliphatic rings. The van der Waals surface area contributed by atoms with E-state index in [2.05, 4.69) is 32.0 Å². The molecule has 1 N–H and O–H groups in total. The van der Waals surface area contributed by atoms with Crippen LogP contribution in [-0.4, -0.2) is 54.1 Å². The summed E-state index contributed by atoms with van der Waals surface area (Å²) in [6, 6.07) is 11.7. The third kappa shape index (κ3) is 3.64. The molecule has 0 aliphatic carbocycles. The quantitative estimate of drug-likeness (QED) is 0.502. The van der Waals surface area contributed by atoms with E-state index in [9.17, 15) is 4.79 Å². The minimum Gasteiger partial charge on any atom is -0.495 e. The number of anilines is 1. The predicted octanol–water partition coefficient (Wildman–Crippen LogP) is 3.70. The SMILES string of the molecule is COc1cc(-c2cnc3[nH]cc(C(=O)c4cccnc4)c3c2)ccc1N1CCOCC1. The van der Waals surface area contributed by atoms with Gasteiger partial charge in [0.1, 0.15) is 11.4 Å². The van der Waals surface area contributed by atoms with Crippen LogP contribution in [0.25, 0.3) is 22.2 Å². The average molecular weight is 414 g/mol. The maximum atomic E-state index is 13.0. The number of pyridine rings is 2. The molecule has 0 atom stereocenters. The third-order valence-electron chi connectivity index (χ3n) is 5.56. The molecule has 7 nitrogen and oxygen atoms in total. The van der Waals surface area contributed by atoms with Crippen LogP contribution in [-0.2, 0) is 4.74 Å². The van der Waals surface area contributed by atoms with Crippen LogP contribution in [0.4, 0.5) is 5.69 Å². The molecule has 156 valence electrons. The number of carbonyl (C=O) groups is 1. The Hall–Kier alpha value is -3.71. The zero-order valence-corrected chi connectivity index (χ0v) is 17.2. The lowest BCUT2D eigenvalue weighted by atomic mass is 10.0. The molecule has 0 amide bonds. The summed E-state index contributed by atoms with van der Waals surface area (Å²) in [5, 5.41) is 0.780. The zero-order valence-electron chi connectivity index (χ0n) is 17.2. The number of methoxy groups -OCH3 is 1. The molecule has 1 saturated heterocycles. The molecular weight excluding hydrogens is 392 g/mol. The summed E-state index contributed by atoms with van der Waals surface area (Å²) in [6.07, 6.45) is 6.74. The second-order valence-corrected chi connectivity index (χ2v) is 7.38. The molecule has 5 rings (SSSR count). The summed E-state index contributed by atoms with van der Waals surface area (Å²) < 4.78 is 11.1. The molecule has 0 radical (unpaired) electrons. The van der Waals surface area contributed by atoms with Gasteiger partial charge < -0.3 is 19.4 Å². The summed E-state index contributed by atoms with van der Waals surface area (Å²) in [5.74, 6) is 0.721. The van der Waals surface area contributed by atoms with Crippen LogP contribution in [0.15, 0.2) is 61.2 Å². The number of nitrogens with zero attached hydrogens (tertiary/aromatic N) is 3. The summed E-state index contributed by atoms with van der Waals surface area (Å²) >= 11 is 0. The molecular formula is C24H22N4O3. The van der Waals surface area contributed by atoms with E-state index >= 15 is 0 Å². The number of aromatic nitrogens is 3. The van der Waals surface area contributed by atoms with Crippen molar-refractivity contribution in [1.82, 2.24) is 15.0 Å². The number of nitrogens with one attached hydrogen (secondary N) is 1. The topological polar surface area (TPSA) is 80.3 Å². The summed E-state index contributed by atoms with van der Waals surface area (Å²) in [5.41, 5.74) is 4.74. The van der Waals surface area contributed by atoms with Crippen molar-refractivity contribution in [3.05, 3.63) is 72.3 Å². The molecule has 0 unspecified atom stereocenters. The predicted molar refractivity (Wildman–Crippen MR) is 119 cm³/mol. The van der Waals surface area contributed by atoms with E-state index in [1.54, 1.807) is 44.0 Å². The highest BCUT2D eigenvalue weighted by Gasteiger charge is 2.18. The van der Waals surface area contributed by atoms with Crippen molar-refractivity contribution >= 4 is 22.5 Å². The zero-order chi connectivity index (χ0) is 21.2. The van der Waals surface area contributed by atoms with Crippen LogP contribution >= 0.6 is 0 Å². The van der Waals surface area contributed by atoms with Crippen LogP contribution in [0.5, 0.6) is 5.75 Å². The first kappa shape index (κ1) is 19.3. The van der Waals surface area contributed by atoms with Crippen LogP contribution in [0.2, 0.25) is 0 Å². The number of hydrogen-bond acceptors (Lipinski definition) is 6. The Balaban J connectivity index is 1.52. The van der Waals surface area contributed by atoms with Crippen molar-refractivity contribution in [2.45, 2.75) is 0 Å². The molecule has 1 aromatic carbocycles. The van der Waals surface area contributed by atoms with E-state index in [0.29, 0.717) is 30.0 Å². The highest BCUT2D eigenvalue weighted by atomic mass is 16.5. The van der Waals surface area contributed by atoms with Gasteiger partial charge in [-0.15, -0.1) is 0 Å². The van der Waals surface area contributed by atoms with Gasteiger partial charge in [-0.3, -0.25) is 9.78 Å². The first-order valence-corrected chi connectivity index (χ1v) is 10.2. The Labute approximate surface area is 179 Å². The Bertz CT molecular complexity index is 1230.